The molecule has 1 aliphatic heterocycles. The summed E-state index contributed by atoms with van der Waals surface area (Å²) in [6.07, 6.45) is 1.58. The van der Waals surface area contributed by atoms with Crippen LogP contribution in [0.3, 0.4) is 0 Å². The van der Waals surface area contributed by atoms with Crippen LogP contribution in [0.2, 0.25) is 0 Å². The number of carbonyl (C=O) groups excluding carboxylic acids is 1. The molecule has 0 spiro atoms. The minimum absolute atomic E-state index is 0.209. The summed E-state index contributed by atoms with van der Waals surface area (Å²) in [4.78, 5) is 18.1. The van der Waals surface area contributed by atoms with Crippen LogP contribution in [0, 0.1) is 13.8 Å². The van der Waals surface area contributed by atoms with Crippen molar-refractivity contribution in [1.29, 1.82) is 0 Å². The lowest BCUT2D eigenvalue weighted by Crippen LogP contribution is -2.36. The second-order valence-electron chi connectivity index (χ2n) is 8.06. The number of aryl methyl sites for hydroxylation is 2. The van der Waals surface area contributed by atoms with Gasteiger partial charge in [0.2, 0.25) is 5.91 Å². The summed E-state index contributed by atoms with van der Waals surface area (Å²) in [5.41, 5.74) is 6.42. The molecule has 3 aromatic rings. The monoisotopic (exact) mass is 430 g/mol. The molecule has 7 nitrogen and oxygen atoms in total. The molecule has 4 rings (SSSR count). The first-order valence-corrected chi connectivity index (χ1v) is 11.0. The SMILES string of the molecule is CN=C(NCc1ccc(N2CCCC2=O)cc1)NCc1ccccc1-n1nc(C)cc1C. The number of guanidine groups is 1. The summed E-state index contributed by atoms with van der Waals surface area (Å²) < 4.78 is 1.98. The minimum Gasteiger partial charge on any atom is -0.352 e. The Morgan fingerprint density at radius 1 is 1.06 bits per heavy atom. The molecular formula is C25H30N6O. The lowest BCUT2D eigenvalue weighted by atomic mass is 10.1. The van der Waals surface area contributed by atoms with E-state index in [1.54, 1.807) is 7.05 Å². The van der Waals surface area contributed by atoms with E-state index in [1.165, 1.54) is 0 Å². The highest BCUT2D eigenvalue weighted by atomic mass is 16.2. The molecule has 2 heterocycles. The molecule has 1 aliphatic rings. The van der Waals surface area contributed by atoms with Gasteiger partial charge in [0.1, 0.15) is 0 Å². The second-order valence-corrected chi connectivity index (χ2v) is 8.06. The maximum Gasteiger partial charge on any atom is 0.227 e. The van der Waals surface area contributed by atoms with Gasteiger partial charge in [-0.2, -0.15) is 5.10 Å². The summed E-state index contributed by atoms with van der Waals surface area (Å²) >= 11 is 0. The van der Waals surface area contributed by atoms with Crippen LogP contribution >= 0.6 is 0 Å². The number of nitrogens with zero attached hydrogens (tertiary/aromatic N) is 4. The van der Waals surface area contributed by atoms with Crippen molar-refractivity contribution in [3.8, 4) is 5.69 Å². The number of rotatable bonds is 6. The van der Waals surface area contributed by atoms with E-state index in [4.69, 9.17) is 0 Å². The number of para-hydroxylation sites is 1. The van der Waals surface area contributed by atoms with Gasteiger partial charge in [-0.05, 0) is 55.7 Å². The molecule has 32 heavy (non-hydrogen) atoms. The molecule has 0 atom stereocenters. The van der Waals surface area contributed by atoms with Gasteiger partial charge in [0.05, 0.1) is 11.4 Å². The maximum absolute atomic E-state index is 11.9. The Kier molecular flexibility index (Phi) is 6.54. The fraction of sp³-hybridized carbons (Fsp3) is 0.320. The number of hydrogen-bond acceptors (Lipinski definition) is 3. The third-order valence-corrected chi connectivity index (χ3v) is 5.68. The highest BCUT2D eigenvalue weighted by Gasteiger charge is 2.21. The fourth-order valence-corrected chi connectivity index (χ4v) is 4.04. The summed E-state index contributed by atoms with van der Waals surface area (Å²) in [7, 11) is 1.77. The third kappa shape index (κ3) is 4.82. The Labute approximate surface area is 189 Å². The van der Waals surface area contributed by atoms with Crippen LogP contribution in [0.1, 0.15) is 35.4 Å². The molecule has 2 aromatic carbocycles. The van der Waals surface area contributed by atoms with Crippen molar-refractivity contribution >= 4 is 17.6 Å². The molecule has 0 radical (unpaired) electrons. The third-order valence-electron chi connectivity index (χ3n) is 5.68. The number of amides is 1. The predicted molar refractivity (Wildman–Crippen MR) is 128 cm³/mol. The quantitative estimate of drug-likeness (QED) is 0.464. The molecule has 1 saturated heterocycles. The number of aliphatic imine (C=N–C) groups is 1. The van der Waals surface area contributed by atoms with Gasteiger partial charge in [-0.3, -0.25) is 9.79 Å². The van der Waals surface area contributed by atoms with Gasteiger partial charge in [0, 0.05) is 44.5 Å². The van der Waals surface area contributed by atoms with E-state index in [2.05, 4.69) is 58.0 Å². The molecule has 7 heteroatoms. The average Bonchev–Trinajstić information content (AvgIpc) is 3.38. The number of benzene rings is 2. The molecule has 0 bridgehead atoms. The number of hydrogen-bond donors (Lipinski definition) is 2. The van der Waals surface area contributed by atoms with E-state index in [9.17, 15) is 4.79 Å². The van der Waals surface area contributed by atoms with E-state index in [0.717, 1.165) is 52.8 Å². The van der Waals surface area contributed by atoms with Crippen molar-refractivity contribution in [2.45, 2.75) is 39.8 Å². The lowest BCUT2D eigenvalue weighted by molar-refractivity contribution is -0.117. The molecular weight excluding hydrogens is 400 g/mol. The molecule has 0 saturated carbocycles. The van der Waals surface area contributed by atoms with Crippen LogP contribution in [0.4, 0.5) is 5.69 Å². The van der Waals surface area contributed by atoms with E-state index >= 15 is 0 Å². The molecule has 1 fully saturated rings. The molecule has 0 unspecified atom stereocenters. The first-order chi connectivity index (χ1) is 15.5. The van der Waals surface area contributed by atoms with Crippen molar-refractivity contribution in [2.75, 3.05) is 18.5 Å². The van der Waals surface area contributed by atoms with Crippen LogP contribution in [0.25, 0.3) is 5.69 Å². The van der Waals surface area contributed by atoms with Gasteiger partial charge >= 0.3 is 0 Å². The fourth-order valence-electron chi connectivity index (χ4n) is 4.04. The lowest BCUT2D eigenvalue weighted by Gasteiger charge is -2.17. The Hall–Kier alpha value is -3.61. The Bertz CT molecular complexity index is 1120. The Morgan fingerprint density at radius 2 is 1.81 bits per heavy atom. The molecule has 1 amide bonds. The Balaban J connectivity index is 1.36. The van der Waals surface area contributed by atoms with Gasteiger partial charge in [-0.25, -0.2) is 4.68 Å². The first kappa shape index (κ1) is 21.6. The topological polar surface area (TPSA) is 74.6 Å². The number of nitrogens with one attached hydrogen (secondary N) is 2. The Morgan fingerprint density at radius 3 is 2.47 bits per heavy atom. The van der Waals surface area contributed by atoms with Crippen molar-refractivity contribution in [3.63, 3.8) is 0 Å². The van der Waals surface area contributed by atoms with Gasteiger partial charge in [0.25, 0.3) is 0 Å². The summed E-state index contributed by atoms with van der Waals surface area (Å²) in [6.45, 7) is 6.16. The number of anilines is 1. The van der Waals surface area contributed by atoms with E-state index in [0.29, 0.717) is 19.5 Å². The summed E-state index contributed by atoms with van der Waals surface area (Å²) in [6, 6.07) is 18.5. The van der Waals surface area contributed by atoms with E-state index in [1.807, 2.05) is 40.8 Å². The van der Waals surface area contributed by atoms with Crippen LogP contribution < -0.4 is 15.5 Å². The van der Waals surface area contributed by atoms with Gasteiger partial charge in [-0.15, -0.1) is 0 Å². The van der Waals surface area contributed by atoms with Gasteiger partial charge < -0.3 is 15.5 Å². The molecule has 1 aromatic heterocycles. The predicted octanol–water partition coefficient (Wildman–Crippen LogP) is 3.48. The first-order valence-electron chi connectivity index (χ1n) is 11.0. The largest absolute Gasteiger partial charge is 0.352 e. The standard InChI is InChI=1S/C25H30N6O/c1-18-15-19(2)31(29-18)23-8-5-4-7-21(23)17-28-25(26-3)27-16-20-10-12-22(13-11-20)30-14-6-9-24(30)32/h4-5,7-8,10-13,15H,6,9,14,16-17H2,1-3H3,(H2,26,27,28). The van der Waals surface area contributed by atoms with E-state index < -0.39 is 0 Å². The molecule has 0 aliphatic carbocycles. The van der Waals surface area contributed by atoms with Crippen LogP contribution in [-0.2, 0) is 17.9 Å². The summed E-state index contributed by atoms with van der Waals surface area (Å²) in [5.74, 6) is 0.938. The highest BCUT2D eigenvalue weighted by Crippen LogP contribution is 2.21. The minimum atomic E-state index is 0.209. The van der Waals surface area contributed by atoms with Crippen LogP contribution in [0.15, 0.2) is 59.6 Å². The van der Waals surface area contributed by atoms with E-state index in [-0.39, 0.29) is 5.91 Å². The van der Waals surface area contributed by atoms with Crippen LogP contribution in [0.5, 0.6) is 0 Å². The average molecular weight is 431 g/mol. The molecule has 2 N–H and O–H groups in total. The highest BCUT2D eigenvalue weighted by molar-refractivity contribution is 5.95. The zero-order valence-corrected chi connectivity index (χ0v) is 18.9. The smallest absolute Gasteiger partial charge is 0.227 e. The van der Waals surface area contributed by atoms with Crippen molar-refractivity contribution in [2.24, 2.45) is 4.99 Å². The summed E-state index contributed by atoms with van der Waals surface area (Å²) in [5, 5.41) is 11.4. The van der Waals surface area contributed by atoms with Crippen molar-refractivity contribution in [3.05, 3.63) is 77.1 Å². The van der Waals surface area contributed by atoms with Crippen molar-refractivity contribution < 1.29 is 4.79 Å². The van der Waals surface area contributed by atoms with Crippen molar-refractivity contribution in [1.82, 2.24) is 20.4 Å². The van der Waals surface area contributed by atoms with Crippen LogP contribution in [-0.4, -0.2) is 35.2 Å². The second kappa shape index (κ2) is 9.68. The zero-order valence-electron chi connectivity index (χ0n) is 18.9. The number of carbonyl (C=O) groups is 1. The van der Waals surface area contributed by atoms with Gasteiger partial charge in [-0.1, -0.05) is 30.3 Å². The maximum atomic E-state index is 11.9. The zero-order chi connectivity index (χ0) is 22.5. The van der Waals surface area contributed by atoms with Gasteiger partial charge in [0.15, 0.2) is 5.96 Å². The normalized spacial score (nSPS) is 14.2. The number of aromatic nitrogens is 2. The molecule has 166 valence electrons.